The Labute approximate surface area is 110 Å². The minimum Gasteiger partial charge on any atom is -0.336 e. The quantitative estimate of drug-likeness (QED) is 0.787. The molecule has 19 heavy (non-hydrogen) atoms. The lowest BCUT2D eigenvalue weighted by atomic mass is 10.1. The number of carbonyl (C=O) groups is 2. The van der Waals surface area contributed by atoms with Crippen LogP contribution in [-0.4, -0.2) is 41.8 Å². The Hall–Kier alpha value is -1.95. The fourth-order valence-corrected chi connectivity index (χ4v) is 2.04. The van der Waals surface area contributed by atoms with Crippen molar-refractivity contribution in [1.82, 2.24) is 9.80 Å². The molecule has 1 saturated heterocycles. The number of halogens is 1. The van der Waals surface area contributed by atoms with Crippen LogP contribution in [-0.2, 0) is 22.7 Å². The fourth-order valence-electron chi connectivity index (χ4n) is 2.04. The molecule has 0 aliphatic carbocycles. The summed E-state index contributed by atoms with van der Waals surface area (Å²) in [5.41, 5.74) is 6.23. The number of likely N-dealkylation sites (N-methyl/N-ethyl adjacent to an activating group) is 1. The predicted molar refractivity (Wildman–Crippen MR) is 67.3 cm³/mol. The van der Waals surface area contributed by atoms with Crippen LogP contribution in [0.25, 0.3) is 0 Å². The smallest absolute Gasteiger partial charge is 0.312 e. The number of piperazine rings is 1. The number of hydrogen-bond donors (Lipinski definition) is 1. The molecule has 0 unspecified atom stereocenters. The SMILES string of the molecule is CN1CCN(Cc2cccc(CN)c2F)C(=O)C1=O. The van der Waals surface area contributed by atoms with Crippen molar-refractivity contribution in [3.8, 4) is 0 Å². The monoisotopic (exact) mass is 265 g/mol. The van der Waals surface area contributed by atoms with Gasteiger partial charge in [0.25, 0.3) is 0 Å². The number of carbonyl (C=O) groups excluding carboxylic acids is 2. The average Bonchev–Trinajstić information content (AvgIpc) is 2.41. The fraction of sp³-hybridized carbons (Fsp3) is 0.385. The summed E-state index contributed by atoms with van der Waals surface area (Å²) in [6.45, 7) is 1.07. The van der Waals surface area contributed by atoms with Gasteiger partial charge < -0.3 is 15.5 Å². The van der Waals surface area contributed by atoms with Gasteiger partial charge in [-0.05, 0) is 0 Å². The summed E-state index contributed by atoms with van der Waals surface area (Å²) in [5, 5.41) is 0. The summed E-state index contributed by atoms with van der Waals surface area (Å²) >= 11 is 0. The summed E-state index contributed by atoms with van der Waals surface area (Å²) in [6.07, 6.45) is 0. The lowest BCUT2D eigenvalue weighted by molar-refractivity contribution is -0.155. The second-order valence-corrected chi connectivity index (χ2v) is 4.55. The lowest BCUT2D eigenvalue weighted by Gasteiger charge is -2.31. The molecule has 0 atom stereocenters. The Morgan fingerprint density at radius 1 is 1.21 bits per heavy atom. The maximum absolute atomic E-state index is 14.0. The van der Waals surface area contributed by atoms with Gasteiger partial charge in [-0.1, -0.05) is 18.2 Å². The summed E-state index contributed by atoms with van der Waals surface area (Å²) in [4.78, 5) is 26.1. The number of amides is 2. The number of hydrogen-bond acceptors (Lipinski definition) is 3. The van der Waals surface area contributed by atoms with E-state index in [2.05, 4.69) is 0 Å². The second kappa shape index (κ2) is 5.36. The van der Waals surface area contributed by atoms with E-state index in [1.165, 1.54) is 9.80 Å². The average molecular weight is 265 g/mol. The van der Waals surface area contributed by atoms with Crippen LogP contribution in [0.3, 0.4) is 0 Å². The molecule has 2 N–H and O–H groups in total. The standard InChI is InChI=1S/C13H16FN3O2/c1-16-5-6-17(13(19)12(16)18)8-10-4-2-3-9(7-15)11(10)14/h2-4H,5-8,15H2,1H3. The highest BCUT2D eigenvalue weighted by Gasteiger charge is 2.30. The van der Waals surface area contributed by atoms with Gasteiger partial charge in [-0.25, -0.2) is 4.39 Å². The number of rotatable bonds is 3. The van der Waals surface area contributed by atoms with Crippen LogP contribution in [0.5, 0.6) is 0 Å². The molecule has 0 bridgehead atoms. The van der Waals surface area contributed by atoms with Crippen molar-refractivity contribution < 1.29 is 14.0 Å². The molecule has 0 saturated carbocycles. The molecule has 2 rings (SSSR count). The molecule has 6 heteroatoms. The summed E-state index contributed by atoms with van der Waals surface area (Å²) in [5.74, 6) is -1.54. The van der Waals surface area contributed by atoms with E-state index < -0.39 is 17.6 Å². The molecular weight excluding hydrogens is 249 g/mol. The summed E-state index contributed by atoms with van der Waals surface area (Å²) in [7, 11) is 1.58. The molecule has 0 spiro atoms. The second-order valence-electron chi connectivity index (χ2n) is 4.55. The van der Waals surface area contributed by atoms with E-state index in [0.29, 0.717) is 24.2 Å². The molecule has 102 valence electrons. The Kier molecular flexibility index (Phi) is 3.80. The Morgan fingerprint density at radius 2 is 1.89 bits per heavy atom. The molecule has 2 amide bonds. The normalized spacial score (nSPS) is 16.2. The van der Waals surface area contributed by atoms with Crippen molar-refractivity contribution >= 4 is 11.8 Å². The van der Waals surface area contributed by atoms with E-state index in [9.17, 15) is 14.0 Å². The van der Waals surface area contributed by atoms with E-state index in [4.69, 9.17) is 5.73 Å². The van der Waals surface area contributed by atoms with Crippen molar-refractivity contribution in [1.29, 1.82) is 0 Å². The predicted octanol–water partition coefficient (Wildman–Crippen LogP) is 0.0850. The first-order chi connectivity index (χ1) is 9.04. The van der Waals surface area contributed by atoms with Gasteiger partial charge in [0.05, 0.1) is 0 Å². The third-order valence-corrected chi connectivity index (χ3v) is 3.26. The maximum atomic E-state index is 14.0. The molecular formula is C13H16FN3O2. The highest BCUT2D eigenvalue weighted by molar-refractivity contribution is 6.35. The first-order valence-electron chi connectivity index (χ1n) is 6.05. The van der Waals surface area contributed by atoms with E-state index in [1.807, 2.05) is 0 Å². The van der Waals surface area contributed by atoms with E-state index in [-0.39, 0.29) is 13.1 Å². The highest BCUT2D eigenvalue weighted by Crippen LogP contribution is 2.16. The van der Waals surface area contributed by atoms with E-state index in [0.717, 1.165) is 0 Å². The Bertz CT molecular complexity index is 519. The third kappa shape index (κ3) is 2.58. The van der Waals surface area contributed by atoms with Gasteiger partial charge in [-0.2, -0.15) is 0 Å². The topological polar surface area (TPSA) is 66.6 Å². The van der Waals surface area contributed by atoms with Gasteiger partial charge in [0.1, 0.15) is 5.82 Å². The maximum Gasteiger partial charge on any atom is 0.312 e. The molecule has 1 fully saturated rings. The minimum absolute atomic E-state index is 0.0953. The minimum atomic E-state index is -0.591. The van der Waals surface area contributed by atoms with Crippen molar-refractivity contribution in [3.63, 3.8) is 0 Å². The third-order valence-electron chi connectivity index (χ3n) is 3.26. The van der Waals surface area contributed by atoms with Gasteiger partial charge in [-0.15, -0.1) is 0 Å². The van der Waals surface area contributed by atoms with Crippen molar-refractivity contribution in [2.24, 2.45) is 5.73 Å². The zero-order chi connectivity index (χ0) is 14.0. The lowest BCUT2D eigenvalue weighted by Crippen LogP contribution is -2.52. The van der Waals surface area contributed by atoms with Gasteiger partial charge in [-0.3, -0.25) is 9.59 Å². The molecule has 5 nitrogen and oxygen atoms in total. The highest BCUT2D eigenvalue weighted by atomic mass is 19.1. The van der Waals surface area contributed by atoms with E-state index in [1.54, 1.807) is 25.2 Å². The van der Waals surface area contributed by atoms with Crippen LogP contribution in [0.15, 0.2) is 18.2 Å². The van der Waals surface area contributed by atoms with E-state index >= 15 is 0 Å². The van der Waals surface area contributed by atoms with Crippen LogP contribution in [0.1, 0.15) is 11.1 Å². The van der Waals surface area contributed by atoms with Crippen LogP contribution < -0.4 is 5.73 Å². The molecule has 0 aromatic heterocycles. The zero-order valence-corrected chi connectivity index (χ0v) is 10.7. The van der Waals surface area contributed by atoms with Crippen molar-refractivity contribution in [3.05, 3.63) is 35.1 Å². The van der Waals surface area contributed by atoms with Gasteiger partial charge in [0.15, 0.2) is 0 Å². The van der Waals surface area contributed by atoms with Crippen LogP contribution >= 0.6 is 0 Å². The number of nitrogens with zero attached hydrogens (tertiary/aromatic N) is 2. The zero-order valence-electron chi connectivity index (χ0n) is 10.7. The van der Waals surface area contributed by atoms with Crippen LogP contribution in [0.2, 0.25) is 0 Å². The first-order valence-corrected chi connectivity index (χ1v) is 6.05. The molecule has 1 heterocycles. The Balaban J connectivity index is 2.18. The number of benzene rings is 1. The van der Waals surface area contributed by atoms with Crippen molar-refractivity contribution in [2.75, 3.05) is 20.1 Å². The molecule has 1 aliphatic heterocycles. The summed E-state index contributed by atoms with van der Waals surface area (Å²) < 4.78 is 14.0. The molecule has 0 radical (unpaired) electrons. The van der Waals surface area contributed by atoms with Gasteiger partial charge in [0, 0.05) is 44.4 Å². The summed E-state index contributed by atoms with van der Waals surface area (Å²) in [6, 6.07) is 4.91. The molecule has 1 aromatic carbocycles. The van der Waals surface area contributed by atoms with Gasteiger partial charge >= 0.3 is 11.8 Å². The largest absolute Gasteiger partial charge is 0.336 e. The first kappa shape index (κ1) is 13.5. The van der Waals surface area contributed by atoms with Crippen LogP contribution in [0.4, 0.5) is 4.39 Å². The molecule has 1 aliphatic rings. The van der Waals surface area contributed by atoms with Gasteiger partial charge in [0.2, 0.25) is 0 Å². The Morgan fingerprint density at radius 3 is 2.58 bits per heavy atom. The number of nitrogens with two attached hydrogens (primary N) is 1. The molecule has 1 aromatic rings. The van der Waals surface area contributed by atoms with Crippen molar-refractivity contribution in [2.45, 2.75) is 13.1 Å². The van der Waals surface area contributed by atoms with Crippen LogP contribution in [0, 0.1) is 5.82 Å².